The Kier molecular flexibility index (Phi) is 4.86. The summed E-state index contributed by atoms with van der Waals surface area (Å²) in [5, 5.41) is 3.87. The molecule has 0 spiro atoms. The molecule has 0 radical (unpaired) electrons. The van der Waals surface area contributed by atoms with Crippen molar-refractivity contribution in [1.29, 1.82) is 0 Å². The van der Waals surface area contributed by atoms with Gasteiger partial charge in [0, 0.05) is 36.7 Å². The number of hydrogen-bond donors (Lipinski definition) is 0. The van der Waals surface area contributed by atoms with Gasteiger partial charge in [-0.05, 0) is 35.0 Å². The summed E-state index contributed by atoms with van der Waals surface area (Å²) in [5.74, 6) is 0.810. The quantitative estimate of drug-likeness (QED) is 0.788. The Hall–Kier alpha value is -1.22. The first kappa shape index (κ1) is 16.6. The molecule has 1 saturated heterocycles. The Morgan fingerprint density at radius 2 is 1.91 bits per heavy atom. The fraction of sp³-hybridized carbons (Fsp3) is 0.400. The van der Waals surface area contributed by atoms with Gasteiger partial charge in [-0.15, -0.1) is 0 Å². The number of benzene rings is 1. The molecule has 0 unspecified atom stereocenters. The monoisotopic (exact) mass is 399 g/mol. The van der Waals surface area contributed by atoms with Crippen molar-refractivity contribution in [3.05, 3.63) is 46.3 Å². The number of hydrogen-bond acceptors (Lipinski definition) is 5. The van der Waals surface area contributed by atoms with Crippen molar-refractivity contribution < 1.29 is 12.9 Å². The van der Waals surface area contributed by atoms with E-state index in [0.29, 0.717) is 42.1 Å². The van der Waals surface area contributed by atoms with Crippen molar-refractivity contribution >= 4 is 26.0 Å². The number of sulfonamides is 1. The maximum absolute atomic E-state index is 12.7. The molecular formula is C15H18BrN3O3S. The maximum atomic E-state index is 12.7. The molecule has 23 heavy (non-hydrogen) atoms. The van der Waals surface area contributed by atoms with Gasteiger partial charge in [0.15, 0.2) is 5.76 Å². The van der Waals surface area contributed by atoms with Crippen molar-refractivity contribution in [2.24, 2.45) is 0 Å². The normalized spacial score (nSPS) is 17.5. The van der Waals surface area contributed by atoms with Crippen LogP contribution in [0.5, 0.6) is 0 Å². The van der Waals surface area contributed by atoms with Gasteiger partial charge in [-0.1, -0.05) is 17.3 Å². The molecule has 2 heterocycles. The molecule has 8 heteroatoms. The molecule has 2 aromatic rings. The Bertz CT molecular complexity index is 783. The average molecular weight is 400 g/mol. The second kappa shape index (κ2) is 6.72. The largest absolute Gasteiger partial charge is 0.360 e. The number of piperazine rings is 1. The summed E-state index contributed by atoms with van der Waals surface area (Å²) in [6.45, 7) is 4.82. The number of rotatable bonds is 4. The van der Waals surface area contributed by atoms with Crippen molar-refractivity contribution in [2.45, 2.75) is 18.4 Å². The van der Waals surface area contributed by atoms with Crippen LogP contribution in [-0.4, -0.2) is 49.0 Å². The third-order valence-corrected chi connectivity index (χ3v) is 6.75. The van der Waals surface area contributed by atoms with Crippen LogP contribution >= 0.6 is 15.9 Å². The van der Waals surface area contributed by atoms with E-state index in [-0.39, 0.29) is 0 Å². The van der Waals surface area contributed by atoms with Crippen molar-refractivity contribution in [3.63, 3.8) is 0 Å². The van der Waals surface area contributed by atoms with E-state index in [2.05, 4.69) is 26.0 Å². The zero-order chi connectivity index (χ0) is 16.4. The SMILES string of the molecule is Cc1cc(CN2CCN(S(=O)(=O)c3ccccc3Br)CC2)on1. The van der Waals surface area contributed by atoms with E-state index < -0.39 is 10.0 Å². The minimum Gasteiger partial charge on any atom is -0.360 e. The molecule has 0 N–H and O–H groups in total. The molecule has 1 aliphatic heterocycles. The van der Waals surface area contributed by atoms with E-state index >= 15 is 0 Å². The first-order valence-electron chi connectivity index (χ1n) is 7.36. The lowest BCUT2D eigenvalue weighted by atomic mass is 10.3. The molecule has 0 amide bonds. The van der Waals surface area contributed by atoms with Crippen LogP contribution in [-0.2, 0) is 16.6 Å². The van der Waals surface area contributed by atoms with Gasteiger partial charge in [-0.25, -0.2) is 8.42 Å². The molecular weight excluding hydrogens is 382 g/mol. The van der Waals surface area contributed by atoms with Crippen LogP contribution in [0, 0.1) is 6.92 Å². The Morgan fingerprint density at radius 1 is 1.22 bits per heavy atom. The highest BCUT2D eigenvalue weighted by molar-refractivity contribution is 9.10. The fourth-order valence-electron chi connectivity index (χ4n) is 2.63. The van der Waals surface area contributed by atoms with Crippen LogP contribution in [0.3, 0.4) is 0 Å². The molecule has 1 aliphatic rings. The molecule has 0 bridgehead atoms. The van der Waals surface area contributed by atoms with E-state index in [4.69, 9.17) is 4.52 Å². The van der Waals surface area contributed by atoms with Gasteiger partial charge in [-0.3, -0.25) is 4.90 Å². The summed E-state index contributed by atoms with van der Waals surface area (Å²) >= 11 is 3.32. The van der Waals surface area contributed by atoms with Crippen molar-refractivity contribution in [2.75, 3.05) is 26.2 Å². The summed E-state index contributed by atoms with van der Waals surface area (Å²) in [5.41, 5.74) is 0.857. The molecule has 1 fully saturated rings. The summed E-state index contributed by atoms with van der Waals surface area (Å²) in [6.07, 6.45) is 0. The van der Waals surface area contributed by atoms with Gasteiger partial charge in [-0.2, -0.15) is 4.31 Å². The topological polar surface area (TPSA) is 66.7 Å². The van der Waals surface area contributed by atoms with E-state index in [0.717, 1.165) is 11.5 Å². The number of aryl methyl sites for hydroxylation is 1. The minimum atomic E-state index is -3.46. The standard InChI is InChI=1S/C15H18BrN3O3S/c1-12-10-13(22-17-12)11-18-6-8-19(9-7-18)23(20,21)15-5-3-2-4-14(15)16/h2-5,10H,6-9,11H2,1H3. The smallest absolute Gasteiger partial charge is 0.244 e. The van der Waals surface area contributed by atoms with Gasteiger partial charge in [0.05, 0.1) is 17.1 Å². The Morgan fingerprint density at radius 3 is 2.52 bits per heavy atom. The lowest BCUT2D eigenvalue weighted by molar-refractivity contribution is 0.166. The first-order valence-corrected chi connectivity index (χ1v) is 9.59. The lowest BCUT2D eigenvalue weighted by Crippen LogP contribution is -2.48. The zero-order valence-electron chi connectivity index (χ0n) is 12.8. The van der Waals surface area contributed by atoms with Crippen LogP contribution in [0.4, 0.5) is 0 Å². The van der Waals surface area contributed by atoms with Crippen LogP contribution in [0.2, 0.25) is 0 Å². The molecule has 0 atom stereocenters. The number of nitrogens with zero attached hydrogens (tertiary/aromatic N) is 3. The lowest BCUT2D eigenvalue weighted by Gasteiger charge is -2.33. The van der Waals surface area contributed by atoms with Gasteiger partial charge < -0.3 is 4.52 Å². The molecule has 0 saturated carbocycles. The van der Waals surface area contributed by atoms with Crippen LogP contribution in [0.15, 0.2) is 44.2 Å². The van der Waals surface area contributed by atoms with Gasteiger partial charge in [0.25, 0.3) is 0 Å². The first-order chi connectivity index (χ1) is 11.0. The molecule has 0 aliphatic carbocycles. The fourth-order valence-corrected chi connectivity index (χ4v) is 5.02. The molecule has 3 rings (SSSR count). The zero-order valence-corrected chi connectivity index (χ0v) is 15.2. The summed E-state index contributed by atoms with van der Waals surface area (Å²) in [4.78, 5) is 2.49. The Balaban J connectivity index is 1.65. The predicted octanol–water partition coefficient (Wildman–Crippen LogP) is 2.25. The minimum absolute atomic E-state index is 0.319. The van der Waals surface area contributed by atoms with Crippen molar-refractivity contribution in [3.8, 4) is 0 Å². The highest BCUT2D eigenvalue weighted by Gasteiger charge is 2.30. The highest BCUT2D eigenvalue weighted by Crippen LogP contribution is 2.25. The summed E-state index contributed by atoms with van der Waals surface area (Å²) < 4.78 is 32.8. The van der Waals surface area contributed by atoms with E-state index in [1.54, 1.807) is 24.3 Å². The third-order valence-electron chi connectivity index (χ3n) is 3.84. The second-order valence-corrected chi connectivity index (χ2v) is 8.31. The van der Waals surface area contributed by atoms with Gasteiger partial charge >= 0.3 is 0 Å². The van der Waals surface area contributed by atoms with E-state index in [9.17, 15) is 8.42 Å². The Labute approximate surface area is 144 Å². The van der Waals surface area contributed by atoms with Crippen LogP contribution < -0.4 is 0 Å². The average Bonchev–Trinajstić information content (AvgIpc) is 2.93. The summed E-state index contributed by atoms with van der Waals surface area (Å²) in [6, 6.07) is 8.82. The third kappa shape index (κ3) is 3.65. The van der Waals surface area contributed by atoms with Crippen LogP contribution in [0.1, 0.15) is 11.5 Å². The van der Waals surface area contributed by atoms with Gasteiger partial charge in [0.2, 0.25) is 10.0 Å². The second-order valence-electron chi connectivity index (χ2n) is 5.55. The molecule has 124 valence electrons. The maximum Gasteiger partial charge on any atom is 0.244 e. The van der Waals surface area contributed by atoms with Crippen LogP contribution in [0.25, 0.3) is 0 Å². The molecule has 6 nitrogen and oxygen atoms in total. The predicted molar refractivity (Wildman–Crippen MR) is 89.4 cm³/mol. The number of aromatic nitrogens is 1. The molecule has 1 aromatic carbocycles. The van der Waals surface area contributed by atoms with E-state index in [1.165, 1.54) is 4.31 Å². The van der Waals surface area contributed by atoms with Crippen molar-refractivity contribution in [1.82, 2.24) is 14.4 Å². The highest BCUT2D eigenvalue weighted by atomic mass is 79.9. The number of halogens is 1. The summed E-state index contributed by atoms with van der Waals surface area (Å²) in [7, 11) is -3.46. The van der Waals surface area contributed by atoms with E-state index in [1.807, 2.05) is 13.0 Å². The molecule has 1 aromatic heterocycles. The van der Waals surface area contributed by atoms with Gasteiger partial charge in [0.1, 0.15) is 0 Å².